The van der Waals surface area contributed by atoms with Crippen molar-refractivity contribution in [3.8, 4) is 0 Å². The van der Waals surface area contributed by atoms with Crippen molar-refractivity contribution in [3.63, 3.8) is 0 Å². The molecule has 0 aliphatic heterocycles. The summed E-state index contributed by atoms with van der Waals surface area (Å²) in [5.74, 6) is 0.729. The third-order valence-corrected chi connectivity index (χ3v) is 2.59. The molecule has 0 fully saturated rings. The fourth-order valence-corrected chi connectivity index (χ4v) is 1.83. The van der Waals surface area contributed by atoms with E-state index >= 15 is 0 Å². The second-order valence-electron chi connectivity index (χ2n) is 3.55. The fourth-order valence-electron chi connectivity index (χ4n) is 1.45. The van der Waals surface area contributed by atoms with Crippen LogP contribution < -0.4 is 0 Å². The molecule has 2 nitrogen and oxygen atoms in total. The molecule has 2 aromatic rings. The Morgan fingerprint density at radius 1 is 1.06 bits per heavy atom. The molecule has 82 valence electrons. The zero-order valence-electron chi connectivity index (χ0n) is 8.74. The molecule has 0 amide bonds. The van der Waals surface area contributed by atoms with E-state index in [-0.39, 0.29) is 0 Å². The average molecular weight is 253 g/mol. The van der Waals surface area contributed by atoms with Crippen molar-refractivity contribution in [2.24, 2.45) is 0 Å². The Balaban J connectivity index is 2.23. The van der Waals surface area contributed by atoms with Crippen LogP contribution in [0.25, 0.3) is 0 Å². The second kappa shape index (κ2) is 4.81. The van der Waals surface area contributed by atoms with E-state index in [0.29, 0.717) is 11.6 Å². The Hall–Kier alpha value is -1.12. The third-order valence-electron chi connectivity index (χ3n) is 2.14. The largest absolute Gasteiger partial charge is 0.238 e. The van der Waals surface area contributed by atoms with Crippen molar-refractivity contribution in [2.75, 3.05) is 0 Å². The van der Waals surface area contributed by atoms with E-state index in [1.165, 1.54) is 0 Å². The first-order chi connectivity index (χ1) is 7.63. The first kappa shape index (κ1) is 11.4. The van der Waals surface area contributed by atoms with E-state index in [1.54, 1.807) is 6.07 Å². The van der Waals surface area contributed by atoms with Crippen LogP contribution in [0.1, 0.15) is 17.1 Å². The normalized spacial score (nSPS) is 10.4. The van der Waals surface area contributed by atoms with Crippen LogP contribution in [0.15, 0.2) is 30.3 Å². The van der Waals surface area contributed by atoms with E-state index in [4.69, 9.17) is 23.2 Å². The predicted molar refractivity (Wildman–Crippen MR) is 66.0 cm³/mol. The molecule has 0 atom stereocenters. The van der Waals surface area contributed by atoms with Gasteiger partial charge < -0.3 is 0 Å². The van der Waals surface area contributed by atoms with E-state index in [1.807, 2.05) is 31.2 Å². The van der Waals surface area contributed by atoms with Gasteiger partial charge >= 0.3 is 0 Å². The van der Waals surface area contributed by atoms with Crippen LogP contribution in [0.4, 0.5) is 0 Å². The lowest BCUT2D eigenvalue weighted by Gasteiger charge is -2.02. The maximum Gasteiger partial charge on any atom is 0.134 e. The van der Waals surface area contributed by atoms with Gasteiger partial charge in [0.25, 0.3) is 0 Å². The number of nitrogens with zero attached hydrogens (tertiary/aromatic N) is 2. The molecule has 1 heterocycles. The van der Waals surface area contributed by atoms with Crippen LogP contribution in [0.5, 0.6) is 0 Å². The molecule has 0 radical (unpaired) electrons. The van der Waals surface area contributed by atoms with E-state index in [2.05, 4.69) is 9.97 Å². The van der Waals surface area contributed by atoms with E-state index in [9.17, 15) is 0 Å². The molecule has 0 aliphatic rings. The summed E-state index contributed by atoms with van der Waals surface area (Å²) in [6.07, 6.45) is 0.665. The van der Waals surface area contributed by atoms with Gasteiger partial charge in [-0.3, -0.25) is 0 Å². The molecule has 1 aromatic carbocycles. The van der Waals surface area contributed by atoms with Crippen LogP contribution in [-0.2, 0) is 6.42 Å². The Bertz CT molecular complexity index is 475. The minimum atomic E-state index is 0.483. The quantitative estimate of drug-likeness (QED) is 0.763. The van der Waals surface area contributed by atoms with Crippen molar-refractivity contribution in [3.05, 3.63) is 57.6 Å². The zero-order valence-corrected chi connectivity index (χ0v) is 10.3. The number of aryl methyl sites for hydroxylation is 1. The molecule has 0 saturated carbocycles. The molecular weight excluding hydrogens is 243 g/mol. The lowest BCUT2D eigenvalue weighted by molar-refractivity contribution is 0.943. The number of aromatic nitrogens is 2. The first-order valence-corrected chi connectivity index (χ1v) is 5.63. The van der Waals surface area contributed by atoms with Gasteiger partial charge in [-0.2, -0.15) is 0 Å². The smallest absolute Gasteiger partial charge is 0.134 e. The number of halogens is 2. The summed E-state index contributed by atoms with van der Waals surface area (Å²) in [6, 6.07) is 9.37. The van der Waals surface area contributed by atoms with Crippen molar-refractivity contribution < 1.29 is 0 Å². The number of hydrogen-bond donors (Lipinski definition) is 0. The van der Waals surface area contributed by atoms with Crippen LogP contribution in [-0.4, -0.2) is 9.97 Å². The standard InChI is InChI=1S/C12H10Cl2N2/c1-8-6-11(14)16-12(15-8)7-9-2-4-10(13)5-3-9/h2-6H,7H2,1H3. The van der Waals surface area contributed by atoms with Gasteiger partial charge in [0.1, 0.15) is 11.0 Å². The third kappa shape index (κ3) is 2.94. The monoisotopic (exact) mass is 252 g/mol. The van der Waals surface area contributed by atoms with Crippen molar-refractivity contribution >= 4 is 23.2 Å². The SMILES string of the molecule is Cc1cc(Cl)nc(Cc2ccc(Cl)cc2)n1. The highest BCUT2D eigenvalue weighted by Crippen LogP contribution is 2.13. The molecule has 0 spiro atoms. The maximum absolute atomic E-state index is 5.87. The van der Waals surface area contributed by atoms with Gasteiger partial charge in [0, 0.05) is 17.1 Å². The molecule has 16 heavy (non-hydrogen) atoms. The van der Waals surface area contributed by atoms with Gasteiger partial charge in [0.15, 0.2) is 0 Å². The highest BCUT2D eigenvalue weighted by Gasteiger charge is 2.02. The topological polar surface area (TPSA) is 25.8 Å². The van der Waals surface area contributed by atoms with Crippen molar-refractivity contribution in [1.82, 2.24) is 9.97 Å². The molecule has 0 saturated heterocycles. The highest BCUT2D eigenvalue weighted by atomic mass is 35.5. The van der Waals surface area contributed by atoms with E-state index < -0.39 is 0 Å². The number of hydrogen-bond acceptors (Lipinski definition) is 2. The summed E-state index contributed by atoms with van der Waals surface area (Å²) in [4.78, 5) is 8.50. The van der Waals surface area contributed by atoms with Crippen LogP contribution >= 0.6 is 23.2 Å². The van der Waals surface area contributed by atoms with Crippen molar-refractivity contribution in [1.29, 1.82) is 0 Å². The minimum absolute atomic E-state index is 0.483. The van der Waals surface area contributed by atoms with Crippen LogP contribution in [0.2, 0.25) is 10.2 Å². The predicted octanol–water partition coefficient (Wildman–Crippen LogP) is 3.68. The summed E-state index contributed by atoms with van der Waals surface area (Å²) >= 11 is 11.7. The van der Waals surface area contributed by atoms with Gasteiger partial charge in [-0.25, -0.2) is 9.97 Å². The summed E-state index contributed by atoms with van der Waals surface area (Å²) in [5, 5.41) is 1.21. The first-order valence-electron chi connectivity index (χ1n) is 4.88. The zero-order chi connectivity index (χ0) is 11.5. The highest BCUT2D eigenvalue weighted by molar-refractivity contribution is 6.30. The summed E-state index contributed by atoms with van der Waals surface area (Å²) in [7, 11) is 0. The van der Waals surface area contributed by atoms with Crippen molar-refractivity contribution in [2.45, 2.75) is 13.3 Å². The molecule has 0 N–H and O–H groups in total. The van der Waals surface area contributed by atoms with E-state index in [0.717, 1.165) is 22.1 Å². The minimum Gasteiger partial charge on any atom is -0.238 e. The molecule has 0 bridgehead atoms. The molecule has 0 unspecified atom stereocenters. The summed E-state index contributed by atoms with van der Waals surface area (Å²) in [6.45, 7) is 1.90. The molecule has 4 heteroatoms. The lowest BCUT2D eigenvalue weighted by atomic mass is 10.1. The number of rotatable bonds is 2. The van der Waals surface area contributed by atoms with Crippen LogP contribution in [0.3, 0.4) is 0 Å². The van der Waals surface area contributed by atoms with Gasteiger partial charge in [0.2, 0.25) is 0 Å². The molecule has 0 aliphatic carbocycles. The Kier molecular flexibility index (Phi) is 3.42. The van der Waals surface area contributed by atoms with Gasteiger partial charge in [0.05, 0.1) is 0 Å². The number of benzene rings is 1. The lowest BCUT2D eigenvalue weighted by Crippen LogP contribution is -1.98. The Morgan fingerprint density at radius 2 is 1.75 bits per heavy atom. The second-order valence-corrected chi connectivity index (χ2v) is 4.38. The molecule has 1 aromatic heterocycles. The fraction of sp³-hybridized carbons (Fsp3) is 0.167. The maximum atomic E-state index is 5.87. The van der Waals surface area contributed by atoms with Gasteiger partial charge in [-0.1, -0.05) is 35.3 Å². The summed E-state index contributed by atoms with van der Waals surface area (Å²) in [5.41, 5.74) is 2.00. The molecular formula is C12H10Cl2N2. The van der Waals surface area contributed by atoms with Gasteiger partial charge in [-0.15, -0.1) is 0 Å². The van der Waals surface area contributed by atoms with Gasteiger partial charge in [-0.05, 0) is 30.7 Å². The summed E-state index contributed by atoms with van der Waals surface area (Å²) < 4.78 is 0. The Labute approximate surface area is 104 Å². The average Bonchev–Trinajstić information content (AvgIpc) is 2.20. The molecule has 2 rings (SSSR count). The van der Waals surface area contributed by atoms with Crippen LogP contribution in [0, 0.1) is 6.92 Å². The Morgan fingerprint density at radius 3 is 2.38 bits per heavy atom.